The summed E-state index contributed by atoms with van der Waals surface area (Å²) in [7, 11) is 3.87. The Morgan fingerprint density at radius 3 is 1.69 bits per heavy atom. The van der Waals surface area contributed by atoms with Gasteiger partial charge in [-0.15, -0.1) is 0 Å². The molecule has 0 aromatic heterocycles. The van der Waals surface area contributed by atoms with Crippen molar-refractivity contribution in [3.8, 4) is 0 Å². The van der Waals surface area contributed by atoms with Crippen molar-refractivity contribution < 1.29 is 26.3 Å². The topological polar surface area (TPSA) is 27.3 Å². The fourth-order valence-electron chi connectivity index (χ4n) is 4.06. The average Bonchev–Trinajstić information content (AvgIpc) is 2.81. The Bertz CT molecular complexity index is 1120. The first-order valence-corrected chi connectivity index (χ1v) is 11.4. The minimum atomic E-state index is -4.94. The van der Waals surface area contributed by atoms with Gasteiger partial charge in [-0.2, -0.15) is 26.3 Å². The van der Waals surface area contributed by atoms with E-state index in [1.54, 1.807) is 0 Å². The van der Waals surface area contributed by atoms with E-state index in [9.17, 15) is 26.3 Å². The van der Waals surface area contributed by atoms with Crippen LogP contribution >= 0.6 is 12.2 Å². The molecule has 0 aliphatic carbocycles. The Kier molecular flexibility index (Phi) is 8.63. The minimum Gasteiger partial charge on any atom is -0.362 e. The monoisotopic (exact) mass is 525 g/mol. The molecule has 3 aromatic rings. The molecule has 0 fully saturated rings. The van der Waals surface area contributed by atoms with Crippen molar-refractivity contribution in [2.75, 3.05) is 26.0 Å². The minimum absolute atomic E-state index is 0.0780. The Labute approximate surface area is 211 Å². The number of benzene rings is 3. The molecule has 0 aliphatic rings. The molecule has 0 aliphatic heterocycles. The van der Waals surface area contributed by atoms with Gasteiger partial charge in [0.25, 0.3) is 0 Å². The number of hydrogen-bond donors (Lipinski definition) is 2. The molecule has 0 saturated carbocycles. The molecule has 3 rings (SSSR count). The van der Waals surface area contributed by atoms with Crippen LogP contribution in [-0.4, -0.2) is 30.7 Å². The van der Waals surface area contributed by atoms with Gasteiger partial charge < -0.3 is 15.5 Å². The van der Waals surface area contributed by atoms with Crippen molar-refractivity contribution in [3.63, 3.8) is 0 Å². The smallest absolute Gasteiger partial charge is 0.362 e. The highest BCUT2D eigenvalue weighted by atomic mass is 32.1. The van der Waals surface area contributed by atoms with E-state index in [-0.39, 0.29) is 29.7 Å². The van der Waals surface area contributed by atoms with Gasteiger partial charge >= 0.3 is 12.4 Å². The number of hydrogen-bond acceptors (Lipinski definition) is 2. The molecule has 0 saturated heterocycles. The third-order valence-electron chi connectivity index (χ3n) is 5.63. The molecule has 2 atom stereocenters. The molecule has 36 heavy (non-hydrogen) atoms. The first-order valence-electron chi connectivity index (χ1n) is 11.0. The van der Waals surface area contributed by atoms with Gasteiger partial charge in [-0.1, -0.05) is 60.7 Å². The van der Waals surface area contributed by atoms with E-state index in [0.717, 1.165) is 11.1 Å². The zero-order valence-electron chi connectivity index (χ0n) is 19.5. The van der Waals surface area contributed by atoms with Crippen molar-refractivity contribution in [2.45, 2.75) is 24.3 Å². The van der Waals surface area contributed by atoms with Gasteiger partial charge in [0.2, 0.25) is 0 Å². The van der Waals surface area contributed by atoms with Crippen molar-refractivity contribution in [2.24, 2.45) is 0 Å². The second-order valence-corrected chi connectivity index (χ2v) is 8.87. The van der Waals surface area contributed by atoms with E-state index in [0.29, 0.717) is 12.1 Å². The SMILES string of the molecule is CN(C)[C@H](c1ccccc1)[C@H](CNC(=S)Nc1cc(C(F)(F)F)cc(C(F)(F)F)c1)c1ccccc1. The molecule has 0 amide bonds. The lowest BCUT2D eigenvalue weighted by Crippen LogP contribution is -2.37. The Hall–Kier alpha value is -3.11. The van der Waals surface area contributed by atoms with Crippen LogP contribution in [0.1, 0.15) is 34.2 Å². The molecular weight excluding hydrogens is 500 g/mol. The molecule has 10 heteroatoms. The lowest BCUT2D eigenvalue weighted by molar-refractivity contribution is -0.143. The van der Waals surface area contributed by atoms with Crippen molar-refractivity contribution in [1.82, 2.24) is 10.2 Å². The number of nitrogens with zero attached hydrogens (tertiary/aromatic N) is 1. The molecule has 3 nitrogen and oxygen atoms in total. The lowest BCUT2D eigenvalue weighted by Gasteiger charge is -2.34. The first kappa shape index (κ1) is 27.5. The summed E-state index contributed by atoms with van der Waals surface area (Å²) in [5.74, 6) is -0.143. The summed E-state index contributed by atoms with van der Waals surface area (Å²) in [5, 5.41) is 5.38. The van der Waals surface area contributed by atoms with E-state index in [1.807, 2.05) is 79.7 Å². The van der Waals surface area contributed by atoms with Crippen molar-refractivity contribution in [1.29, 1.82) is 0 Å². The maximum atomic E-state index is 13.2. The highest BCUT2D eigenvalue weighted by Gasteiger charge is 2.37. The Balaban J connectivity index is 1.85. The van der Waals surface area contributed by atoms with Crippen molar-refractivity contribution in [3.05, 3.63) is 101 Å². The molecule has 3 aromatic carbocycles. The predicted molar refractivity (Wildman–Crippen MR) is 133 cm³/mol. The summed E-state index contributed by atoms with van der Waals surface area (Å²) in [6.45, 7) is 0.276. The van der Waals surface area contributed by atoms with Crippen LogP contribution in [0.4, 0.5) is 32.0 Å². The molecule has 0 spiro atoms. The van der Waals surface area contributed by atoms with Gasteiger partial charge in [-0.05, 0) is 55.6 Å². The molecule has 0 unspecified atom stereocenters. The van der Waals surface area contributed by atoms with Gasteiger partial charge in [-0.25, -0.2) is 0 Å². The number of likely N-dealkylation sites (N-methyl/N-ethyl adjacent to an activating group) is 1. The molecule has 0 heterocycles. The Morgan fingerprint density at radius 2 is 1.25 bits per heavy atom. The Morgan fingerprint density at radius 1 is 0.778 bits per heavy atom. The van der Waals surface area contributed by atoms with Gasteiger partial charge in [0, 0.05) is 24.2 Å². The number of rotatable bonds is 7. The molecule has 0 radical (unpaired) electrons. The van der Waals surface area contributed by atoms with Gasteiger partial charge in [-0.3, -0.25) is 0 Å². The predicted octanol–water partition coefficient (Wildman–Crippen LogP) is 7.10. The second kappa shape index (κ2) is 11.3. The van der Waals surface area contributed by atoms with Crippen molar-refractivity contribution >= 4 is 23.0 Å². The highest BCUT2D eigenvalue weighted by molar-refractivity contribution is 7.80. The lowest BCUT2D eigenvalue weighted by atomic mass is 9.86. The van der Waals surface area contributed by atoms with Crippen LogP contribution in [-0.2, 0) is 12.4 Å². The zero-order valence-corrected chi connectivity index (χ0v) is 20.3. The van der Waals surface area contributed by atoms with Crippen LogP contribution in [0.2, 0.25) is 0 Å². The third-order valence-corrected chi connectivity index (χ3v) is 5.88. The average molecular weight is 526 g/mol. The summed E-state index contributed by atoms with van der Waals surface area (Å²) >= 11 is 5.25. The third kappa shape index (κ3) is 7.20. The number of alkyl halides is 6. The standard InChI is InChI=1S/C26H25F6N3S/c1-35(2)23(18-11-7-4-8-12-18)22(17-9-5-3-6-10-17)16-33-24(36)34-21-14-19(25(27,28)29)13-20(15-21)26(30,31)32/h3-15,22-23H,16H2,1-2H3,(H2,33,34,36)/t22-,23-/m1/s1. The number of nitrogens with one attached hydrogen (secondary N) is 2. The summed E-state index contributed by atoms with van der Waals surface area (Å²) in [4.78, 5) is 2.05. The van der Waals surface area contributed by atoms with Crippen LogP contribution in [0.15, 0.2) is 78.9 Å². The normalized spacial score (nSPS) is 13.8. The quantitative estimate of drug-likeness (QED) is 0.254. The maximum Gasteiger partial charge on any atom is 0.416 e. The summed E-state index contributed by atoms with van der Waals surface area (Å²) in [6, 6.07) is 20.6. The van der Waals surface area contributed by atoms with Gasteiger partial charge in [0.15, 0.2) is 5.11 Å². The highest BCUT2D eigenvalue weighted by Crippen LogP contribution is 2.38. The van der Waals surface area contributed by atoms with E-state index in [2.05, 4.69) is 10.6 Å². The number of thiocarbonyl (C=S) groups is 1. The summed E-state index contributed by atoms with van der Waals surface area (Å²) in [6.07, 6.45) is -9.89. The molecule has 0 bridgehead atoms. The van der Waals surface area contributed by atoms with E-state index in [1.165, 1.54) is 0 Å². The second-order valence-electron chi connectivity index (χ2n) is 8.47. The van der Waals surface area contributed by atoms with Crippen LogP contribution in [0.25, 0.3) is 0 Å². The fraction of sp³-hybridized carbons (Fsp3) is 0.269. The van der Waals surface area contributed by atoms with Crippen LogP contribution in [0.5, 0.6) is 0 Å². The zero-order chi connectivity index (χ0) is 26.5. The number of halogens is 6. The summed E-state index contributed by atoms with van der Waals surface area (Å²) in [5.41, 5.74) is -1.19. The van der Waals surface area contributed by atoms with Gasteiger partial charge in [0.1, 0.15) is 0 Å². The van der Waals surface area contributed by atoms with Gasteiger partial charge in [0.05, 0.1) is 11.1 Å². The number of anilines is 1. The largest absolute Gasteiger partial charge is 0.416 e. The first-order chi connectivity index (χ1) is 16.9. The van der Waals surface area contributed by atoms with Crippen LogP contribution < -0.4 is 10.6 Å². The maximum absolute atomic E-state index is 13.2. The van der Waals surface area contributed by atoms with E-state index < -0.39 is 29.2 Å². The molecular formula is C26H25F6N3S. The van der Waals surface area contributed by atoms with Crippen LogP contribution in [0.3, 0.4) is 0 Å². The molecule has 192 valence electrons. The van der Waals surface area contributed by atoms with E-state index >= 15 is 0 Å². The summed E-state index contributed by atoms with van der Waals surface area (Å²) < 4.78 is 79.2. The fourth-order valence-corrected chi connectivity index (χ4v) is 4.26. The van der Waals surface area contributed by atoms with Crippen LogP contribution in [0, 0.1) is 0 Å². The van der Waals surface area contributed by atoms with E-state index in [4.69, 9.17) is 12.2 Å². The molecule has 2 N–H and O–H groups in total.